The minimum Gasteiger partial charge on any atom is -0.494 e. The molecule has 1 aromatic heterocycles. The molecule has 0 fully saturated rings. The lowest BCUT2D eigenvalue weighted by atomic mass is 10.1. The van der Waals surface area contributed by atoms with Crippen molar-refractivity contribution in [3.8, 4) is 5.88 Å². The van der Waals surface area contributed by atoms with E-state index in [1.54, 1.807) is 6.08 Å². The quantitative estimate of drug-likeness (QED) is 0.535. The molecule has 0 amide bonds. The summed E-state index contributed by atoms with van der Waals surface area (Å²) in [6.45, 7) is 0. The Morgan fingerprint density at radius 2 is 1.81 bits per heavy atom. The van der Waals surface area contributed by atoms with Crippen LogP contribution in [-0.2, 0) is 14.1 Å². The van der Waals surface area contributed by atoms with E-state index in [-0.39, 0.29) is 10.3 Å². The van der Waals surface area contributed by atoms with Crippen LogP contribution in [0.3, 0.4) is 0 Å². The molecule has 0 bridgehead atoms. The molecule has 0 radical (unpaired) electrons. The summed E-state index contributed by atoms with van der Waals surface area (Å²) in [6.07, 6.45) is 2.84. The highest BCUT2D eigenvalue weighted by molar-refractivity contribution is 7.71. The predicted octanol–water partition coefficient (Wildman–Crippen LogP) is 2.05. The molecule has 0 saturated carbocycles. The van der Waals surface area contributed by atoms with Crippen molar-refractivity contribution in [1.82, 2.24) is 9.13 Å². The van der Waals surface area contributed by atoms with E-state index in [4.69, 9.17) is 12.2 Å². The molecule has 0 saturated heterocycles. The number of hydrogen-bond acceptors (Lipinski definition) is 4. The number of carbonyl (C=O) groups is 1. The van der Waals surface area contributed by atoms with Crippen molar-refractivity contribution in [2.75, 3.05) is 0 Å². The fraction of sp³-hybridized carbons (Fsp3) is 0.133. The lowest BCUT2D eigenvalue weighted by Crippen LogP contribution is -2.27. The van der Waals surface area contributed by atoms with Gasteiger partial charge in [0, 0.05) is 14.1 Å². The zero-order valence-corrected chi connectivity index (χ0v) is 12.4. The van der Waals surface area contributed by atoms with Crippen molar-refractivity contribution in [2.24, 2.45) is 14.1 Å². The molecule has 2 aromatic rings. The van der Waals surface area contributed by atoms with Crippen LogP contribution in [0.25, 0.3) is 6.08 Å². The number of rotatable bonds is 3. The van der Waals surface area contributed by atoms with Crippen LogP contribution in [0.15, 0.2) is 41.2 Å². The first-order valence-corrected chi connectivity index (χ1v) is 6.60. The number of aromatic nitrogens is 2. The normalized spacial score (nSPS) is 11.0. The van der Waals surface area contributed by atoms with Gasteiger partial charge in [-0.25, -0.2) is 0 Å². The molecule has 0 aliphatic rings. The van der Waals surface area contributed by atoms with Gasteiger partial charge in [-0.3, -0.25) is 18.7 Å². The van der Waals surface area contributed by atoms with E-state index in [2.05, 4.69) is 0 Å². The molecule has 2 rings (SSSR count). The summed E-state index contributed by atoms with van der Waals surface area (Å²) in [6, 6.07) is 9.20. The van der Waals surface area contributed by atoms with Crippen LogP contribution in [0.5, 0.6) is 5.88 Å². The zero-order valence-electron chi connectivity index (χ0n) is 11.6. The van der Waals surface area contributed by atoms with E-state index in [0.717, 1.165) is 10.1 Å². The second-order valence-corrected chi connectivity index (χ2v) is 4.88. The smallest absolute Gasteiger partial charge is 0.269 e. The van der Waals surface area contributed by atoms with Gasteiger partial charge < -0.3 is 5.11 Å². The van der Waals surface area contributed by atoms with E-state index in [9.17, 15) is 14.7 Å². The molecule has 0 aliphatic carbocycles. The summed E-state index contributed by atoms with van der Waals surface area (Å²) in [5.74, 6) is -0.992. The van der Waals surface area contributed by atoms with Gasteiger partial charge in [-0.2, -0.15) is 0 Å². The number of benzene rings is 1. The van der Waals surface area contributed by atoms with Gasteiger partial charge >= 0.3 is 0 Å². The van der Waals surface area contributed by atoms with Crippen molar-refractivity contribution < 1.29 is 9.90 Å². The molecule has 0 spiro atoms. The van der Waals surface area contributed by atoms with Crippen LogP contribution in [0.2, 0.25) is 0 Å². The molecule has 1 heterocycles. The van der Waals surface area contributed by atoms with Crippen molar-refractivity contribution in [2.45, 2.75) is 0 Å². The Bertz CT molecular complexity index is 832. The van der Waals surface area contributed by atoms with E-state index < -0.39 is 17.2 Å². The van der Waals surface area contributed by atoms with Crippen LogP contribution in [0.4, 0.5) is 0 Å². The van der Waals surface area contributed by atoms with E-state index in [1.165, 1.54) is 24.7 Å². The second-order valence-electron chi connectivity index (χ2n) is 4.51. The third-order valence-corrected chi connectivity index (χ3v) is 3.65. The minimum absolute atomic E-state index is 0.140. The predicted molar refractivity (Wildman–Crippen MR) is 83.0 cm³/mol. The third-order valence-electron chi connectivity index (χ3n) is 3.11. The van der Waals surface area contributed by atoms with Crippen molar-refractivity contribution in [3.05, 3.63) is 62.7 Å². The fourth-order valence-electron chi connectivity index (χ4n) is 1.87. The SMILES string of the molecule is Cn1c(O)c(C(=O)/C=C/c2ccccc2)c(=O)n(C)c1=S. The van der Waals surface area contributed by atoms with Crippen molar-refractivity contribution in [1.29, 1.82) is 0 Å². The maximum Gasteiger partial charge on any atom is 0.269 e. The molecule has 1 N–H and O–H groups in total. The Labute approximate surface area is 126 Å². The molecule has 0 unspecified atom stereocenters. The summed E-state index contributed by atoms with van der Waals surface area (Å²) >= 11 is 4.99. The van der Waals surface area contributed by atoms with Gasteiger partial charge in [0.05, 0.1) is 0 Å². The maximum absolute atomic E-state index is 12.2. The molecule has 21 heavy (non-hydrogen) atoms. The monoisotopic (exact) mass is 302 g/mol. The summed E-state index contributed by atoms with van der Waals surface area (Å²) in [4.78, 5) is 24.3. The van der Waals surface area contributed by atoms with Gasteiger partial charge in [0.1, 0.15) is 5.56 Å². The van der Waals surface area contributed by atoms with Gasteiger partial charge in [-0.1, -0.05) is 36.4 Å². The Morgan fingerprint density at radius 1 is 1.19 bits per heavy atom. The van der Waals surface area contributed by atoms with Crippen molar-refractivity contribution >= 4 is 24.1 Å². The Kier molecular flexibility index (Phi) is 4.18. The van der Waals surface area contributed by atoms with Crippen LogP contribution in [0.1, 0.15) is 15.9 Å². The highest BCUT2D eigenvalue weighted by Gasteiger charge is 2.18. The van der Waals surface area contributed by atoms with Gasteiger partial charge in [0.25, 0.3) is 5.56 Å². The highest BCUT2D eigenvalue weighted by atomic mass is 32.1. The fourth-order valence-corrected chi connectivity index (χ4v) is 2.04. The van der Waals surface area contributed by atoms with Gasteiger partial charge in [0.2, 0.25) is 5.88 Å². The Hall–Kier alpha value is -2.47. The topological polar surface area (TPSA) is 64.2 Å². The Balaban J connectivity index is 2.48. The van der Waals surface area contributed by atoms with E-state index >= 15 is 0 Å². The molecular weight excluding hydrogens is 288 g/mol. The average molecular weight is 302 g/mol. The first-order chi connectivity index (χ1) is 9.93. The van der Waals surface area contributed by atoms with Crippen LogP contribution < -0.4 is 5.56 Å². The van der Waals surface area contributed by atoms with E-state index in [0.29, 0.717) is 0 Å². The Morgan fingerprint density at radius 3 is 2.43 bits per heavy atom. The average Bonchev–Trinajstić information content (AvgIpc) is 2.50. The lowest BCUT2D eigenvalue weighted by Gasteiger charge is -2.09. The molecule has 0 atom stereocenters. The highest BCUT2D eigenvalue weighted by Crippen LogP contribution is 2.14. The first kappa shape index (κ1) is 14.9. The van der Waals surface area contributed by atoms with Gasteiger partial charge in [-0.05, 0) is 23.9 Å². The third kappa shape index (κ3) is 2.85. The van der Waals surface area contributed by atoms with Gasteiger partial charge in [0.15, 0.2) is 10.6 Å². The standard InChI is InChI=1S/C15H14N2O3S/c1-16-13(19)12(14(20)17(2)15(16)21)11(18)9-8-10-6-4-3-5-7-10/h3-9,19H,1-2H3/b9-8+. The second kappa shape index (κ2) is 5.88. The number of aromatic hydroxyl groups is 1. The summed E-state index contributed by atoms with van der Waals surface area (Å²) in [7, 11) is 2.95. The number of carbonyl (C=O) groups excluding carboxylic acids is 1. The van der Waals surface area contributed by atoms with Crippen LogP contribution >= 0.6 is 12.2 Å². The van der Waals surface area contributed by atoms with Crippen LogP contribution in [0, 0.1) is 4.77 Å². The van der Waals surface area contributed by atoms with Crippen LogP contribution in [-0.4, -0.2) is 20.0 Å². The molecule has 108 valence electrons. The molecule has 5 nitrogen and oxygen atoms in total. The summed E-state index contributed by atoms with van der Waals surface area (Å²) in [5.41, 5.74) is -0.0782. The largest absolute Gasteiger partial charge is 0.494 e. The molecule has 6 heteroatoms. The number of hydrogen-bond donors (Lipinski definition) is 1. The minimum atomic E-state index is -0.613. The zero-order chi connectivity index (χ0) is 15.6. The summed E-state index contributed by atoms with van der Waals surface area (Å²) < 4.78 is 2.51. The van der Waals surface area contributed by atoms with Gasteiger partial charge in [-0.15, -0.1) is 0 Å². The van der Waals surface area contributed by atoms with Crippen molar-refractivity contribution in [3.63, 3.8) is 0 Å². The molecule has 1 aromatic carbocycles. The lowest BCUT2D eigenvalue weighted by molar-refractivity contribution is 0.104. The first-order valence-electron chi connectivity index (χ1n) is 6.20. The number of allylic oxidation sites excluding steroid dienone is 1. The molecular formula is C15H14N2O3S. The number of ketones is 1. The summed E-state index contributed by atoms with van der Waals surface area (Å²) in [5, 5.41) is 9.98. The van der Waals surface area contributed by atoms with E-state index in [1.807, 2.05) is 30.3 Å². The number of nitrogens with zero attached hydrogens (tertiary/aromatic N) is 2. The maximum atomic E-state index is 12.2. The molecule has 0 aliphatic heterocycles.